The first-order chi connectivity index (χ1) is 9.24. The van der Waals surface area contributed by atoms with E-state index in [9.17, 15) is 0 Å². The Hall–Kier alpha value is -1.88. The van der Waals surface area contributed by atoms with Gasteiger partial charge >= 0.3 is 0 Å². The quantitative estimate of drug-likeness (QED) is 0.862. The lowest BCUT2D eigenvalue weighted by Gasteiger charge is -2.14. The Bertz CT molecular complexity index is 493. The number of nitrogens with two attached hydrogens (primary N) is 1. The van der Waals surface area contributed by atoms with Crippen molar-refractivity contribution in [3.05, 3.63) is 41.8 Å². The molecule has 1 aromatic heterocycles. The van der Waals surface area contributed by atoms with Gasteiger partial charge in [0.1, 0.15) is 0 Å². The molecular formula is C14H20N4O. The van der Waals surface area contributed by atoms with E-state index < -0.39 is 0 Å². The highest BCUT2D eigenvalue weighted by atomic mass is 16.5. The SMILES string of the molecule is CCN(CC)c1noc([C@@H](N)Cc2ccccc2)n1. The summed E-state index contributed by atoms with van der Waals surface area (Å²) in [5.41, 5.74) is 7.27. The fourth-order valence-electron chi connectivity index (χ4n) is 1.97. The van der Waals surface area contributed by atoms with Crippen molar-refractivity contribution in [3.63, 3.8) is 0 Å². The standard InChI is InChI=1S/C14H20N4O/c1-3-18(4-2)14-16-13(19-17-14)12(15)10-11-8-6-5-7-9-11/h5-9,12H,3-4,10,15H2,1-2H3/t12-/m0/s1. The normalized spacial score (nSPS) is 12.4. The van der Waals surface area contributed by atoms with Crippen LogP contribution in [0.5, 0.6) is 0 Å². The average molecular weight is 260 g/mol. The molecule has 1 heterocycles. The Labute approximate surface area is 113 Å². The molecule has 0 unspecified atom stereocenters. The molecule has 0 spiro atoms. The van der Waals surface area contributed by atoms with Gasteiger partial charge in [-0.15, -0.1) is 0 Å². The van der Waals surface area contributed by atoms with Gasteiger partial charge in [0.25, 0.3) is 5.95 Å². The van der Waals surface area contributed by atoms with Crippen molar-refractivity contribution in [3.8, 4) is 0 Å². The molecule has 0 saturated carbocycles. The summed E-state index contributed by atoms with van der Waals surface area (Å²) in [6, 6.07) is 9.80. The smallest absolute Gasteiger partial charge is 0.266 e. The molecule has 2 rings (SSSR count). The summed E-state index contributed by atoms with van der Waals surface area (Å²) in [5.74, 6) is 1.11. The van der Waals surface area contributed by atoms with Crippen LogP contribution in [0, 0.1) is 0 Å². The minimum absolute atomic E-state index is 0.265. The first-order valence-electron chi connectivity index (χ1n) is 6.62. The predicted molar refractivity (Wildman–Crippen MR) is 74.9 cm³/mol. The zero-order valence-electron chi connectivity index (χ0n) is 11.4. The molecule has 1 aromatic carbocycles. The van der Waals surface area contributed by atoms with Gasteiger partial charge in [0, 0.05) is 13.1 Å². The van der Waals surface area contributed by atoms with E-state index in [-0.39, 0.29) is 6.04 Å². The largest absolute Gasteiger partial charge is 0.339 e. The second-order valence-corrected chi connectivity index (χ2v) is 4.40. The molecule has 0 fully saturated rings. The van der Waals surface area contributed by atoms with Crippen LogP contribution in [0.15, 0.2) is 34.9 Å². The molecule has 5 heteroatoms. The molecule has 1 atom stereocenters. The predicted octanol–water partition coefficient (Wildman–Crippen LogP) is 2.16. The van der Waals surface area contributed by atoms with Gasteiger partial charge in [-0.2, -0.15) is 4.98 Å². The highest BCUT2D eigenvalue weighted by Gasteiger charge is 2.17. The Kier molecular flexibility index (Phi) is 4.52. The number of hydrogen-bond donors (Lipinski definition) is 1. The maximum atomic E-state index is 6.11. The topological polar surface area (TPSA) is 68.2 Å². The second kappa shape index (κ2) is 6.33. The van der Waals surface area contributed by atoms with Crippen molar-refractivity contribution in [2.24, 2.45) is 5.73 Å². The van der Waals surface area contributed by atoms with Gasteiger partial charge in [-0.3, -0.25) is 0 Å². The lowest BCUT2D eigenvalue weighted by Crippen LogP contribution is -2.23. The van der Waals surface area contributed by atoms with E-state index in [1.807, 2.05) is 35.2 Å². The first-order valence-corrected chi connectivity index (χ1v) is 6.62. The van der Waals surface area contributed by atoms with Crippen molar-refractivity contribution < 1.29 is 4.52 Å². The van der Waals surface area contributed by atoms with Gasteiger partial charge < -0.3 is 15.2 Å². The van der Waals surface area contributed by atoms with Crippen LogP contribution in [0.4, 0.5) is 5.95 Å². The van der Waals surface area contributed by atoms with Crippen LogP contribution in [0.2, 0.25) is 0 Å². The van der Waals surface area contributed by atoms with E-state index in [4.69, 9.17) is 10.3 Å². The van der Waals surface area contributed by atoms with Crippen molar-refractivity contribution >= 4 is 5.95 Å². The Morgan fingerprint density at radius 2 is 1.89 bits per heavy atom. The maximum absolute atomic E-state index is 6.11. The molecule has 0 bridgehead atoms. The van der Waals surface area contributed by atoms with Crippen molar-refractivity contribution in [2.75, 3.05) is 18.0 Å². The minimum atomic E-state index is -0.265. The van der Waals surface area contributed by atoms with E-state index in [0.29, 0.717) is 18.3 Å². The van der Waals surface area contributed by atoms with Crippen molar-refractivity contribution in [1.29, 1.82) is 0 Å². The third kappa shape index (κ3) is 3.32. The zero-order chi connectivity index (χ0) is 13.7. The average Bonchev–Trinajstić information content (AvgIpc) is 2.91. The van der Waals surface area contributed by atoms with E-state index >= 15 is 0 Å². The number of nitrogens with zero attached hydrogens (tertiary/aromatic N) is 3. The molecule has 0 radical (unpaired) electrons. The van der Waals surface area contributed by atoms with E-state index in [2.05, 4.69) is 24.0 Å². The molecule has 0 amide bonds. The highest BCUT2D eigenvalue weighted by molar-refractivity contribution is 5.27. The molecule has 2 N–H and O–H groups in total. The van der Waals surface area contributed by atoms with Gasteiger partial charge in [-0.25, -0.2) is 0 Å². The van der Waals surface area contributed by atoms with Gasteiger partial charge in [0.2, 0.25) is 5.89 Å². The number of aromatic nitrogens is 2. The summed E-state index contributed by atoms with van der Waals surface area (Å²) in [6.07, 6.45) is 0.695. The molecule has 0 aliphatic rings. The molecule has 2 aromatic rings. The van der Waals surface area contributed by atoms with Crippen LogP contribution in [0.1, 0.15) is 31.3 Å². The summed E-state index contributed by atoms with van der Waals surface area (Å²) in [6.45, 7) is 5.82. The Balaban J connectivity index is 2.06. The first kappa shape index (κ1) is 13.5. The molecule has 0 saturated heterocycles. The Morgan fingerprint density at radius 3 is 2.53 bits per heavy atom. The van der Waals surface area contributed by atoms with Crippen LogP contribution in [0.3, 0.4) is 0 Å². The number of benzene rings is 1. The fourth-order valence-corrected chi connectivity index (χ4v) is 1.97. The molecular weight excluding hydrogens is 240 g/mol. The van der Waals surface area contributed by atoms with Crippen molar-refractivity contribution in [1.82, 2.24) is 10.1 Å². The maximum Gasteiger partial charge on any atom is 0.266 e. The molecule has 5 nitrogen and oxygen atoms in total. The lowest BCUT2D eigenvalue weighted by atomic mass is 10.1. The molecule has 19 heavy (non-hydrogen) atoms. The fraction of sp³-hybridized carbons (Fsp3) is 0.429. The van der Waals surface area contributed by atoms with E-state index in [1.165, 1.54) is 0 Å². The summed E-state index contributed by atoms with van der Waals surface area (Å²) < 4.78 is 5.26. The van der Waals surface area contributed by atoms with E-state index in [1.54, 1.807) is 0 Å². The number of anilines is 1. The molecule has 0 aliphatic heterocycles. The Morgan fingerprint density at radius 1 is 1.21 bits per heavy atom. The summed E-state index contributed by atoms with van der Waals surface area (Å²) in [7, 11) is 0. The van der Waals surface area contributed by atoms with Gasteiger partial charge in [0.15, 0.2) is 0 Å². The zero-order valence-corrected chi connectivity index (χ0v) is 11.4. The molecule has 0 aliphatic carbocycles. The second-order valence-electron chi connectivity index (χ2n) is 4.40. The summed E-state index contributed by atoms with van der Waals surface area (Å²) >= 11 is 0. The van der Waals surface area contributed by atoms with Crippen LogP contribution < -0.4 is 10.6 Å². The van der Waals surface area contributed by atoms with Crippen LogP contribution >= 0.6 is 0 Å². The summed E-state index contributed by atoms with van der Waals surface area (Å²) in [5, 5.41) is 3.98. The number of rotatable bonds is 6. The highest BCUT2D eigenvalue weighted by Crippen LogP contribution is 2.17. The third-order valence-corrected chi connectivity index (χ3v) is 3.09. The molecule has 102 valence electrons. The monoisotopic (exact) mass is 260 g/mol. The van der Waals surface area contributed by atoms with E-state index in [0.717, 1.165) is 18.7 Å². The third-order valence-electron chi connectivity index (χ3n) is 3.09. The lowest BCUT2D eigenvalue weighted by molar-refractivity contribution is 0.353. The van der Waals surface area contributed by atoms with Crippen LogP contribution in [-0.2, 0) is 6.42 Å². The van der Waals surface area contributed by atoms with Crippen LogP contribution in [0.25, 0.3) is 0 Å². The minimum Gasteiger partial charge on any atom is -0.339 e. The van der Waals surface area contributed by atoms with Crippen molar-refractivity contribution in [2.45, 2.75) is 26.3 Å². The van der Waals surface area contributed by atoms with Gasteiger partial charge in [-0.05, 0) is 31.0 Å². The summed E-state index contributed by atoms with van der Waals surface area (Å²) in [4.78, 5) is 6.40. The van der Waals surface area contributed by atoms with Crippen LogP contribution in [-0.4, -0.2) is 23.2 Å². The van der Waals surface area contributed by atoms with Gasteiger partial charge in [0.05, 0.1) is 6.04 Å². The van der Waals surface area contributed by atoms with Gasteiger partial charge in [-0.1, -0.05) is 30.3 Å². The number of hydrogen-bond acceptors (Lipinski definition) is 5.